The molecule has 1 atom stereocenters. The molecule has 0 heterocycles. The van der Waals surface area contributed by atoms with Gasteiger partial charge in [-0.05, 0) is 23.8 Å². The number of nitrogens with two attached hydrogens (primary N) is 1. The van der Waals surface area contributed by atoms with Gasteiger partial charge in [0, 0.05) is 25.3 Å². The van der Waals surface area contributed by atoms with E-state index in [4.69, 9.17) is 5.73 Å². The third kappa shape index (κ3) is 2.74. The minimum absolute atomic E-state index is 0.163. The predicted octanol–water partition coefficient (Wildman–Crippen LogP) is 3.08. The Morgan fingerprint density at radius 1 is 1.05 bits per heavy atom. The lowest BCUT2D eigenvalue weighted by Gasteiger charge is -2.18. The highest BCUT2D eigenvalue weighted by Crippen LogP contribution is 2.26. The number of hydrogen-bond donors (Lipinski definition) is 1. The van der Waals surface area contributed by atoms with E-state index in [1.54, 1.807) is 0 Å². The van der Waals surface area contributed by atoms with Crippen LogP contribution in [0.2, 0.25) is 0 Å². The smallest absolute Gasteiger partial charge is 0.163 e. The second-order valence-electron chi connectivity index (χ2n) is 4.61. The topological polar surface area (TPSA) is 29.3 Å². The Labute approximate surface area is 111 Å². The molecule has 0 saturated heterocycles. The van der Waals surface area contributed by atoms with Gasteiger partial charge >= 0.3 is 0 Å². The molecule has 19 heavy (non-hydrogen) atoms. The maximum atomic E-state index is 13.7. The third-order valence-corrected chi connectivity index (χ3v) is 3.06. The molecule has 0 spiro atoms. The van der Waals surface area contributed by atoms with E-state index in [2.05, 4.69) is 0 Å². The monoisotopic (exact) mass is 262 g/mol. The zero-order chi connectivity index (χ0) is 14.0. The second-order valence-corrected chi connectivity index (χ2v) is 4.61. The first-order valence-electron chi connectivity index (χ1n) is 5.97. The second kappa shape index (κ2) is 5.36. The maximum Gasteiger partial charge on any atom is 0.163 e. The van der Waals surface area contributed by atoms with Crippen molar-refractivity contribution in [1.29, 1.82) is 0 Å². The fourth-order valence-electron chi connectivity index (χ4n) is 1.94. The van der Waals surface area contributed by atoms with Crippen molar-refractivity contribution in [2.45, 2.75) is 6.04 Å². The summed E-state index contributed by atoms with van der Waals surface area (Å²) in [7, 11) is 3.82. The molecule has 2 rings (SSSR count). The molecular weight excluding hydrogens is 246 g/mol. The number of hydrogen-bond acceptors (Lipinski definition) is 2. The third-order valence-electron chi connectivity index (χ3n) is 3.06. The van der Waals surface area contributed by atoms with Crippen LogP contribution in [-0.2, 0) is 0 Å². The fraction of sp³-hybridized carbons (Fsp3) is 0.200. The zero-order valence-corrected chi connectivity index (χ0v) is 10.9. The Bertz CT molecular complexity index is 582. The average molecular weight is 262 g/mol. The summed E-state index contributed by atoms with van der Waals surface area (Å²) < 4.78 is 27.0. The van der Waals surface area contributed by atoms with Gasteiger partial charge in [-0.25, -0.2) is 8.78 Å². The summed E-state index contributed by atoms with van der Waals surface area (Å²) >= 11 is 0. The lowest BCUT2D eigenvalue weighted by atomic mass is 9.98. The molecule has 0 bridgehead atoms. The first-order chi connectivity index (χ1) is 9.00. The van der Waals surface area contributed by atoms with Crippen LogP contribution in [0.4, 0.5) is 14.5 Å². The normalized spacial score (nSPS) is 12.3. The van der Waals surface area contributed by atoms with Crippen molar-refractivity contribution >= 4 is 5.69 Å². The highest BCUT2D eigenvalue weighted by atomic mass is 19.2. The van der Waals surface area contributed by atoms with E-state index in [1.165, 1.54) is 12.1 Å². The van der Waals surface area contributed by atoms with Crippen LogP contribution in [0, 0.1) is 11.6 Å². The van der Waals surface area contributed by atoms with Gasteiger partial charge in [-0.1, -0.05) is 24.3 Å². The molecule has 0 aliphatic rings. The molecule has 0 radical (unpaired) electrons. The minimum Gasteiger partial charge on any atom is -0.378 e. The van der Waals surface area contributed by atoms with Crippen LogP contribution < -0.4 is 10.6 Å². The number of nitrogens with zero attached hydrogens (tertiary/aromatic N) is 1. The fourth-order valence-corrected chi connectivity index (χ4v) is 1.94. The Morgan fingerprint density at radius 3 is 2.42 bits per heavy atom. The summed E-state index contributed by atoms with van der Waals surface area (Å²) in [6, 6.07) is 10.8. The Hall–Kier alpha value is -1.94. The highest BCUT2D eigenvalue weighted by Gasteiger charge is 2.16. The molecule has 2 aromatic rings. The molecule has 100 valence electrons. The van der Waals surface area contributed by atoms with E-state index in [9.17, 15) is 8.78 Å². The van der Waals surface area contributed by atoms with Gasteiger partial charge < -0.3 is 10.6 Å². The molecule has 0 aliphatic heterocycles. The van der Waals surface area contributed by atoms with Gasteiger partial charge in [0.15, 0.2) is 11.6 Å². The van der Waals surface area contributed by atoms with Gasteiger partial charge in [0.25, 0.3) is 0 Å². The van der Waals surface area contributed by atoms with Crippen LogP contribution in [0.5, 0.6) is 0 Å². The largest absolute Gasteiger partial charge is 0.378 e. The number of anilines is 1. The Morgan fingerprint density at radius 2 is 1.74 bits per heavy atom. The van der Waals surface area contributed by atoms with E-state index in [-0.39, 0.29) is 5.56 Å². The highest BCUT2D eigenvalue weighted by molar-refractivity contribution is 5.49. The molecule has 0 fully saturated rings. The molecule has 0 aliphatic carbocycles. The van der Waals surface area contributed by atoms with E-state index < -0.39 is 17.7 Å². The molecule has 1 unspecified atom stereocenters. The van der Waals surface area contributed by atoms with Crippen molar-refractivity contribution in [2.24, 2.45) is 5.73 Å². The Balaban J connectivity index is 2.41. The van der Waals surface area contributed by atoms with Crippen LogP contribution in [0.3, 0.4) is 0 Å². The van der Waals surface area contributed by atoms with Gasteiger partial charge in [-0.3, -0.25) is 0 Å². The van der Waals surface area contributed by atoms with Crippen molar-refractivity contribution in [2.75, 3.05) is 19.0 Å². The van der Waals surface area contributed by atoms with E-state index in [0.29, 0.717) is 0 Å². The molecular formula is C15H16F2N2. The van der Waals surface area contributed by atoms with E-state index in [1.807, 2.05) is 43.3 Å². The van der Waals surface area contributed by atoms with Crippen LogP contribution >= 0.6 is 0 Å². The molecule has 0 amide bonds. The summed E-state index contributed by atoms with van der Waals surface area (Å²) in [4.78, 5) is 1.93. The van der Waals surface area contributed by atoms with E-state index in [0.717, 1.165) is 17.3 Å². The first kappa shape index (κ1) is 13.5. The molecule has 2 N–H and O–H groups in total. The number of rotatable bonds is 3. The van der Waals surface area contributed by atoms with Gasteiger partial charge in [0.05, 0.1) is 6.04 Å². The van der Waals surface area contributed by atoms with E-state index >= 15 is 0 Å². The molecule has 2 nitrogen and oxygen atoms in total. The van der Waals surface area contributed by atoms with Crippen LogP contribution in [0.25, 0.3) is 0 Å². The summed E-state index contributed by atoms with van der Waals surface area (Å²) in [6.45, 7) is 0. The van der Waals surface area contributed by atoms with Crippen molar-refractivity contribution in [3.63, 3.8) is 0 Å². The minimum atomic E-state index is -0.884. The molecule has 2 aromatic carbocycles. The lowest BCUT2D eigenvalue weighted by molar-refractivity contribution is 0.494. The van der Waals surface area contributed by atoms with Gasteiger partial charge in [-0.2, -0.15) is 0 Å². The standard InChI is InChI=1S/C15H16F2N2/c1-19(2)11-6-3-5-10(9-11)15(18)12-7-4-8-13(16)14(12)17/h3-9,15H,18H2,1-2H3. The zero-order valence-electron chi connectivity index (χ0n) is 10.9. The summed E-state index contributed by atoms with van der Waals surface area (Å²) in [5.74, 6) is -1.76. The van der Waals surface area contributed by atoms with Gasteiger partial charge in [-0.15, -0.1) is 0 Å². The average Bonchev–Trinajstić information content (AvgIpc) is 2.41. The number of benzene rings is 2. The maximum absolute atomic E-state index is 13.7. The predicted molar refractivity (Wildman–Crippen MR) is 73.2 cm³/mol. The van der Waals surface area contributed by atoms with Crippen LogP contribution in [-0.4, -0.2) is 14.1 Å². The molecule has 4 heteroatoms. The molecule has 0 aromatic heterocycles. The van der Waals surface area contributed by atoms with Gasteiger partial charge in [0.2, 0.25) is 0 Å². The SMILES string of the molecule is CN(C)c1cccc(C(N)c2cccc(F)c2F)c1. The van der Waals surface area contributed by atoms with Crippen molar-refractivity contribution in [1.82, 2.24) is 0 Å². The first-order valence-corrected chi connectivity index (χ1v) is 5.97. The summed E-state index contributed by atoms with van der Waals surface area (Å²) in [6.07, 6.45) is 0. The van der Waals surface area contributed by atoms with Crippen LogP contribution in [0.15, 0.2) is 42.5 Å². The van der Waals surface area contributed by atoms with Crippen LogP contribution in [0.1, 0.15) is 17.2 Å². The molecule has 0 saturated carbocycles. The summed E-state index contributed by atoms with van der Waals surface area (Å²) in [5.41, 5.74) is 7.90. The Kier molecular flexibility index (Phi) is 3.81. The quantitative estimate of drug-likeness (QED) is 0.921. The van der Waals surface area contributed by atoms with Crippen molar-refractivity contribution < 1.29 is 8.78 Å². The lowest BCUT2D eigenvalue weighted by Crippen LogP contribution is -2.15. The number of halogens is 2. The summed E-state index contributed by atoms with van der Waals surface area (Å²) in [5, 5.41) is 0. The van der Waals surface area contributed by atoms with Crippen molar-refractivity contribution in [3.8, 4) is 0 Å². The van der Waals surface area contributed by atoms with Gasteiger partial charge in [0.1, 0.15) is 0 Å². The van der Waals surface area contributed by atoms with Crippen molar-refractivity contribution in [3.05, 3.63) is 65.2 Å².